The Kier molecular flexibility index (Phi) is 3.79. The van der Waals surface area contributed by atoms with Crippen LogP contribution in [0.2, 0.25) is 5.02 Å². The molecule has 0 radical (unpaired) electrons. The Balaban J connectivity index is 1.58. The van der Waals surface area contributed by atoms with Crippen molar-refractivity contribution in [3.63, 3.8) is 0 Å². The molecule has 32 heavy (non-hydrogen) atoms. The third-order valence-corrected chi connectivity index (χ3v) is 7.81. The number of anilines is 1. The lowest BCUT2D eigenvalue weighted by atomic mass is 9.48. The smallest absolute Gasteiger partial charge is 0.337 e. The molecule has 1 fully saturated rings. The van der Waals surface area contributed by atoms with E-state index in [1.54, 1.807) is 0 Å². The predicted molar refractivity (Wildman–Crippen MR) is 119 cm³/mol. The summed E-state index contributed by atoms with van der Waals surface area (Å²) < 4.78 is 0. The summed E-state index contributed by atoms with van der Waals surface area (Å²) in [6.45, 7) is 2.05. The first-order valence-electron chi connectivity index (χ1n) is 10.4. The summed E-state index contributed by atoms with van der Waals surface area (Å²) in [5.74, 6) is -3.12. The van der Waals surface area contributed by atoms with Gasteiger partial charge in [0.25, 0.3) is 0 Å². The molecule has 2 bridgehead atoms. The van der Waals surface area contributed by atoms with Gasteiger partial charge in [0, 0.05) is 11.3 Å². The molecular formula is C26H18ClNO4. The molecular weight excluding hydrogens is 426 g/mol. The van der Waals surface area contributed by atoms with Gasteiger partial charge in [-0.1, -0.05) is 67.1 Å². The Morgan fingerprint density at radius 1 is 0.938 bits per heavy atom. The van der Waals surface area contributed by atoms with E-state index in [2.05, 4.69) is 31.2 Å². The van der Waals surface area contributed by atoms with Gasteiger partial charge in [0.1, 0.15) is 0 Å². The van der Waals surface area contributed by atoms with Crippen LogP contribution in [-0.2, 0) is 15.0 Å². The molecule has 4 aliphatic rings. The first-order valence-corrected chi connectivity index (χ1v) is 10.8. The third-order valence-electron chi connectivity index (χ3n) is 7.48. The minimum absolute atomic E-state index is 0.0598. The van der Waals surface area contributed by atoms with E-state index in [1.807, 2.05) is 24.3 Å². The molecule has 2 amide bonds. The SMILES string of the molecule is CC12c3ccccc3C(c3ccccc31)[C@H]1C(=O)N(c3ccc(Cl)c(C(=O)O)c3)C(=O)[C@@H]12. The minimum Gasteiger partial charge on any atom is -0.478 e. The van der Waals surface area contributed by atoms with Crippen LogP contribution in [0.1, 0.15) is 45.5 Å². The van der Waals surface area contributed by atoms with Gasteiger partial charge in [0.05, 0.1) is 28.1 Å². The fourth-order valence-electron chi connectivity index (χ4n) is 6.22. The second-order valence-electron chi connectivity index (χ2n) is 8.84. The van der Waals surface area contributed by atoms with Crippen LogP contribution in [-0.4, -0.2) is 22.9 Å². The van der Waals surface area contributed by atoms with Crippen molar-refractivity contribution in [2.24, 2.45) is 11.8 Å². The number of hydrogen-bond acceptors (Lipinski definition) is 3. The molecule has 3 aromatic rings. The lowest BCUT2D eigenvalue weighted by Gasteiger charge is -2.52. The zero-order valence-electron chi connectivity index (χ0n) is 17.1. The van der Waals surface area contributed by atoms with Crippen molar-refractivity contribution in [2.75, 3.05) is 4.90 Å². The normalized spacial score (nSPS) is 27.2. The standard InChI is InChI=1S/C26H18ClNO4/c1-26-17-8-4-2-6-14(17)20(15-7-3-5-9-18(15)26)21-22(26)24(30)28(23(21)29)13-10-11-19(27)16(12-13)25(31)32/h2-12,20-22H,1H3,(H,31,32)/t20?,21-,22-,26?/m1/s1. The maximum absolute atomic E-state index is 13.9. The highest BCUT2D eigenvalue weighted by molar-refractivity contribution is 6.34. The molecule has 6 heteroatoms. The molecule has 0 saturated carbocycles. The zero-order valence-corrected chi connectivity index (χ0v) is 17.8. The maximum Gasteiger partial charge on any atom is 0.337 e. The Morgan fingerprint density at radius 2 is 1.53 bits per heavy atom. The number of hydrogen-bond donors (Lipinski definition) is 1. The summed E-state index contributed by atoms with van der Waals surface area (Å²) in [6.07, 6.45) is 0. The number of carboxylic acid groups (broad SMARTS) is 1. The monoisotopic (exact) mass is 443 g/mol. The lowest BCUT2D eigenvalue weighted by Crippen LogP contribution is -2.51. The Morgan fingerprint density at radius 3 is 2.12 bits per heavy atom. The first-order chi connectivity index (χ1) is 15.4. The predicted octanol–water partition coefficient (Wildman–Crippen LogP) is 4.61. The number of carboxylic acids is 1. The molecule has 1 aliphatic heterocycles. The van der Waals surface area contributed by atoms with Gasteiger partial charge in [-0.25, -0.2) is 9.69 Å². The van der Waals surface area contributed by atoms with E-state index < -0.39 is 23.2 Å². The fourth-order valence-corrected chi connectivity index (χ4v) is 6.42. The zero-order chi connectivity index (χ0) is 22.4. The van der Waals surface area contributed by atoms with Gasteiger partial charge in [-0.05, 0) is 40.5 Å². The molecule has 0 unspecified atom stereocenters. The average Bonchev–Trinajstić information content (AvgIpc) is 3.06. The van der Waals surface area contributed by atoms with Crippen LogP contribution in [0.3, 0.4) is 0 Å². The van der Waals surface area contributed by atoms with Crippen LogP contribution in [0.25, 0.3) is 0 Å². The van der Waals surface area contributed by atoms with Crippen molar-refractivity contribution >= 4 is 35.1 Å². The van der Waals surface area contributed by atoms with E-state index in [4.69, 9.17) is 11.6 Å². The summed E-state index contributed by atoms with van der Waals surface area (Å²) in [6, 6.07) is 20.4. The van der Waals surface area contributed by atoms with Gasteiger partial charge in [-0.15, -0.1) is 0 Å². The molecule has 1 N–H and O–H groups in total. The molecule has 3 aliphatic carbocycles. The molecule has 2 atom stereocenters. The largest absolute Gasteiger partial charge is 0.478 e. The molecule has 1 heterocycles. The number of nitrogens with zero attached hydrogens (tertiary/aromatic N) is 1. The summed E-state index contributed by atoms with van der Waals surface area (Å²) >= 11 is 6.02. The summed E-state index contributed by atoms with van der Waals surface area (Å²) in [7, 11) is 0. The number of imide groups is 1. The first kappa shape index (κ1) is 19.3. The van der Waals surface area contributed by atoms with E-state index in [0.29, 0.717) is 0 Å². The molecule has 0 aromatic heterocycles. The fraction of sp³-hybridized carbons (Fsp3) is 0.192. The molecule has 158 valence electrons. The second kappa shape index (κ2) is 6.30. The number of carbonyl (C=O) groups is 3. The van der Waals surface area contributed by atoms with Crippen molar-refractivity contribution in [2.45, 2.75) is 18.3 Å². The average molecular weight is 444 g/mol. The summed E-state index contributed by atoms with van der Waals surface area (Å²) in [5, 5.41) is 9.53. The topological polar surface area (TPSA) is 74.7 Å². The maximum atomic E-state index is 13.9. The van der Waals surface area contributed by atoms with Crippen LogP contribution >= 0.6 is 11.6 Å². The van der Waals surface area contributed by atoms with E-state index in [-0.39, 0.29) is 34.0 Å². The minimum atomic E-state index is -1.21. The van der Waals surface area contributed by atoms with Crippen molar-refractivity contribution < 1.29 is 19.5 Å². The van der Waals surface area contributed by atoms with Crippen LogP contribution in [0, 0.1) is 11.8 Å². The molecule has 3 aromatic carbocycles. The Hall–Kier alpha value is -3.44. The van der Waals surface area contributed by atoms with E-state index in [1.165, 1.54) is 23.1 Å². The number of rotatable bonds is 2. The van der Waals surface area contributed by atoms with E-state index >= 15 is 0 Å². The molecule has 7 rings (SSSR count). The number of aromatic carboxylic acids is 1. The van der Waals surface area contributed by atoms with Crippen LogP contribution < -0.4 is 4.90 Å². The van der Waals surface area contributed by atoms with Gasteiger partial charge in [-0.2, -0.15) is 0 Å². The van der Waals surface area contributed by atoms with Crippen molar-refractivity contribution in [1.29, 1.82) is 0 Å². The number of halogens is 1. The highest BCUT2D eigenvalue weighted by Gasteiger charge is 2.66. The van der Waals surface area contributed by atoms with Crippen molar-refractivity contribution in [1.82, 2.24) is 0 Å². The number of benzene rings is 3. The van der Waals surface area contributed by atoms with E-state index in [0.717, 1.165) is 22.3 Å². The van der Waals surface area contributed by atoms with Crippen molar-refractivity contribution in [3.05, 3.63) is 99.6 Å². The van der Waals surface area contributed by atoms with Crippen LogP contribution in [0.15, 0.2) is 66.7 Å². The van der Waals surface area contributed by atoms with Gasteiger partial charge < -0.3 is 5.11 Å². The molecule has 1 saturated heterocycles. The molecule has 5 nitrogen and oxygen atoms in total. The van der Waals surface area contributed by atoms with E-state index in [9.17, 15) is 19.5 Å². The lowest BCUT2D eigenvalue weighted by molar-refractivity contribution is -0.123. The Labute approximate surface area is 189 Å². The van der Waals surface area contributed by atoms with Gasteiger partial charge >= 0.3 is 5.97 Å². The van der Waals surface area contributed by atoms with Gasteiger partial charge in [0.15, 0.2) is 0 Å². The van der Waals surface area contributed by atoms with Gasteiger partial charge in [-0.3, -0.25) is 9.59 Å². The second-order valence-corrected chi connectivity index (χ2v) is 9.25. The van der Waals surface area contributed by atoms with Gasteiger partial charge in [0.2, 0.25) is 11.8 Å². The number of amides is 2. The highest BCUT2D eigenvalue weighted by Crippen LogP contribution is 2.64. The molecule has 0 spiro atoms. The summed E-state index contributed by atoms with van der Waals surface area (Å²) in [5.41, 5.74) is 3.77. The summed E-state index contributed by atoms with van der Waals surface area (Å²) in [4.78, 5) is 40.4. The van der Waals surface area contributed by atoms with Crippen molar-refractivity contribution in [3.8, 4) is 0 Å². The van der Waals surface area contributed by atoms with Crippen LogP contribution in [0.4, 0.5) is 5.69 Å². The highest BCUT2D eigenvalue weighted by atomic mass is 35.5. The quantitative estimate of drug-likeness (QED) is 0.587. The van der Waals surface area contributed by atoms with Crippen LogP contribution in [0.5, 0.6) is 0 Å². The third kappa shape index (κ3) is 2.16. The number of carbonyl (C=O) groups excluding carboxylic acids is 2. The Bertz CT molecular complexity index is 1320.